The van der Waals surface area contributed by atoms with Crippen LogP contribution in [0.4, 0.5) is 0 Å². The fourth-order valence-electron chi connectivity index (χ4n) is 2.52. The largest absolute Gasteiger partial charge is 0.369 e. The van der Waals surface area contributed by atoms with Gasteiger partial charge in [-0.3, -0.25) is 0 Å². The van der Waals surface area contributed by atoms with Crippen LogP contribution in [0, 0.1) is 0 Å². The van der Waals surface area contributed by atoms with Gasteiger partial charge in [-0.1, -0.05) is 36.7 Å². The standard InChI is InChI=1S/C18H24BrN5/c1-18(2,3)16-12-24(15-8-6-14(19)7-9-15)11-13(16)5-4-10-22-23-17(20)21/h6-12H,4-5H2,1-3H3,(H4,20,21,23)/b22-10+. The van der Waals surface area contributed by atoms with E-state index in [0.29, 0.717) is 0 Å². The zero-order chi connectivity index (χ0) is 17.7. The van der Waals surface area contributed by atoms with E-state index >= 15 is 0 Å². The van der Waals surface area contributed by atoms with Crippen molar-refractivity contribution in [2.24, 2.45) is 21.7 Å². The Kier molecular flexibility index (Phi) is 5.83. The van der Waals surface area contributed by atoms with Crippen molar-refractivity contribution in [2.45, 2.75) is 39.0 Å². The van der Waals surface area contributed by atoms with Crippen LogP contribution in [0.15, 0.2) is 51.3 Å². The summed E-state index contributed by atoms with van der Waals surface area (Å²) in [6, 6.07) is 8.29. The number of aromatic nitrogens is 1. The molecule has 1 heterocycles. The zero-order valence-corrected chi connectivity index (χ0v) is 15.9. The molecule has 1 aromatic carbocycles. The minimum Gasteiger partial charge on any atom is -0.369 e. The second-order valence-electron chi connectivity index (χ2n) is 6.69. The van der Waals surface area contributed by atoms with Crippen molar-refractivity contribution in [1.82, 2.24) is 4.57 Å². The van der Waals surface area contributed by atoms with E-state index < -0.39 is 0 Å². The minimum atomic E-state index is -0.0250. The van der Waals surface area contributed by atoms with Crippen LogP contribution in [-0.2, 0) is 11.8 Å². The SMILES string of the molecule is CC(C)(C)c1cn(-c2ccc(Br)cc2)cc1CC/C=N/N=C(N)N. The zero-order valence-electron chi connectivity index (χ0n) is 14.3. The highest BCUT2D eigenvalue weighted by atomic mass is 79.9. The monoisotopic (exact) mass is 389 g/mol. The first-order valence-corrected chi connectivity index (χ1v) is 8.64. The Labute approximate surface area is 151 Å². The molecule has 0 unspecified atom stereocenters. The number of halogens is 1. The van der Waals surface area contributed by atoms with Crippen LogP contribution in [0.5, 0.6) is 0 Å². The molecule has 0 fully saturated rings. The highest BCUT2D eigenvalue weighted by Crippen LogP contribution is 2.29. The van der Waals surface area contributed by atoms with Gasteiger partial charge in [0, 0.05) is 28.8 Å². The predicted molar refractivity (Wildman–Crippen MR) is 105 cm³/mol. The molecule has 0 amide bonds. The summed E-state index contributed by atoms with van der Waals surface area (Å²) in [6.07, 6.45) is 7.82. The molecular weight excluding hydrogens is 366 g/mol. The average Bonchev–Trinajstić information content (AvgIpc) is 2.91. The maximum atomic E-state index is 5.25. The van der Waals surface area contributed by atoms with E-state index in [1.807, 2.05) is 12.1 Å². The van der Waals surface area contributed by atoms with Crippen molar-refractivity contribution >= 4 is 28.1 Å². The van der Waals surface area contributed by atoms with Gasteiger partial charge in [0.15, 0.2) is 0 Å². The van der Waals surface area contributed by atoms with Gasteiger partial charge >= 0.3 is 0 Å². The molecule has 4 N–H and O–H groups in total. The lowest BCUT2D eigenvalue weighted by atomic mass is 9.85. The number of nitrogens with two attached hydrogens (primary N) is 2. The van der Waals surface area contributed by atoms with Crippen LogP contribution in [0.1, 0.15) is 38.3 Å². The molecule has 0 radical (unpaired) electrons. The first kappa shape index (κ1) is 18.3. The first-order valence-electron chi connectivity index (χ1n) is 7.85. The molecule has 1 aromatic heterocycles. The highest BCUT2D eigenvalue weighted by Gasteiger charge is 2.20. The third-order valence-corrected chi connectivity index (χ3v) is 4.17. The molecule has 0 saturated carbocycles. The lowest BCUT2D eigenvalue weighted by molar-refractivity contribution is 0.583. The first-order chi connectivity index (χ1) is 11.3. The van der Waals surface area contributed by atoms with Crippen LogP contribution in [0.3, 0.4) is 0 Å². The molecule has 0 saturated heterocycles. The molecule has 0 bridgehead atoms. The third-order valence-electron chi connectivity index (χ3n) is 3.64. The Morgan fingerprint density at radius 3 is 2.42 bits per heavy atom. The summed E-state index contributed by atoms with van der Waals surface area (Å²) in [4.78, 5) is 0. The maximum Gasteiger partial charge on any atom is 0.211 e. The van der Waals surface area contributed by atoms with Crippen molar-refractivity contribution in [3.05, 3.63) is 52.3 Å². The third kappa shape index (κ3) is 4.96. The average molecular weight is 390 g/mol. The molecule has 0 aliphatic heterocycles. The number of guanidine groups is 1. The fraction of sp³-hybridized carbons (Fsp3) is 0.333. The summed E-state index contributed by atoms with van der Waals surface area (Å²) < 4.78 is 3.25. The Bertz CT molecular complexity index is 732. The summed E-state index contributed by atoms with van der Waals surface area (Å²) in [7, 11) is 0. The van der Waals surface area contributed by atoms with E-state index in [4.69, 9.17) is 11.5 Å². The van der Waals surface area contributed by atoms with Gasteiger partial charge < -0.3 is 16.0 Å². The number of nitrogens with zero attached hydrogens (tertiary/aromatic N) is 3. The summed E-state index contributed by atoms with van der Waals surface area (Å²) in [5, 5.41) is 7.47. The second-order valence-corrected chi connectivity index (χ2v) is 7.61. The summed E-state index contributed by atoms with van der Waals surface area (Å²) in [6.45, 7) is 6.68. The summed E-state index contributed by atoms with van der Waals surface area (Å²) in [5.74, 6) is -0.0250. The van der Waals surface area contributed by atoms with E-state index in [1.54, 1.807) is 6.21 Å². The van der Waals surface area contributed by atoms with Gasteiger partial charge in [-0.15, -0.1) is 5.10 Å². The van der Waals surface area contributed by atoms with Crippen LogP contribution >= 0.6 is 15.9 Å². The molecular formula is C18H24BrN5. The van der Waals surface area contributed by atoms with Crippen molar-refractivity contribution in [2.75, 3.05) is 0 Å². The summed E-state index contributed by atoms with van der Waals surface area (Å²) in [5.41, 5.74) is 14.4. The van der Waals surface area contributed by atoms with Crippen molar-refractivity contribution in [1.29, 1.82) is 0 Å². The molecule has 24 heavy (non-hydrogen) atoms. The molecule has 0 atom stereocenters. The Hall–Kier alpha value is -2.08. The van der Waals surface area contributed by atoms with E-state index in [9.17, 15) is 0 Å². The number of aryl methyl sites for hydroxylation is 1. The van der Waals surface area contributed by atoms with Gasteiger partial charge in [-0.2, -0.15) is 5.10 Å². The Morgan fingerprint density at radius 2 is 1.83 bits per heavy atom. The van der Waals surface area contributed by atoms with Crippen molar-refractivity contribution < 1.29 is 0 Å². The van der Waals surface area contributed by atoms with Crippen LogP contribution in [-0.4, -0.2) is 16.7 Å². The number of rotatable bonds is 5. The molecule has 0 aliphatic carbocycles. The van der Waals surface area contributed by atoms with E-state index in [0.717, 1.165) is 23.0 Å². The molecule has 0 aliphatic rings. The van der Waals surface area contributed by atoms with Crippen molar-refractivity contribution in [3.63, 3.8) is 0 Å². The molecule has 6 heteroatoms. The topological polar surface area (TPSA) is 81.7 Å². The van der Waals surface area contributed by atoms with Gasteiger partial charge in [0.05, 0.1) is 0 Å². The number of hydrogen-bond acceptors (Lipinski definition) is 2. The van der Waals surface area contributed by atoms with Crippen LogP contribution < -0.4 is 11.5 Å². The van der Waals surface area contributed by atoms with Gasteiger partial charge in [0.1, 0.15) is 0 Å². The second kappa shape index (κ2) is 7.66. The van der Waals surface area contributed by atoms with E-state index in [-0.39, 0.29) is 11.4 Å². The lowest BCUT2D eigenvalue weighted by Gasteiger charge is -2.19. The Balaban J connectivity index is 2.24. The molecule has 5 nitrogen and oxygen atoms in total. The Morgan fingerprint density at radius 1 is 1.17 bits per heavy atom. The maximum absolute atomic E-state index is 5.25. The van der Waals surface area contributed by atoms with E-state index in [1.165, 1.54) is 11.1 Å². The normalized spacial score (nSPS) is 11.8. The van der Waals surface area contributed by atoms with Crippen LogP contribution in [0.2, 0.25) is 0 Å². The van der Waals surface area contributed by atoms with Crippen molar-refractivity contribution in [3.8, 4) is 5.69 Å². The summed E-state index contributed by atoms with van der Waals surface area (Å²) >= 11 is 3.48. The quantitative estimate of drug-likeness (QED) is 0.463. The fourth-order valence-corrected chi connectivity index (χ4v) is 2.78. The minimum absolute atomic E-state index is 0.0250. The smallest absolute Gasteiger partial charge is 0.211 e. The van der Waals surface area contributed by atoms with Crippen LogP contribution in [0.25, 0.3) is 5.69 Å². The molecule has 2 aromatic rings. The predicted octanol–water partition coefficient (Wildman–Crippen LogP) is 3.73. The van der Waals surface area contributed by atoms with Gasteiger partial charge in [-0.25, -0.2) is 0 Å². The number of hydrogen-bond donors (Lipinski definition) is 2. The molecule has 0 spiro atoms. The van der Waals surface area contributed by atoms with Gasteiger partial charge in [0.2, 0.25) is 5.96 Å². The van der Waals surface area contributed by atoms with Gasteiger partial charge in [0.25, 0.3) is 0 Å². The number of benzene rings is 1. The molecule has 2 rings (SSSR count). The lowest BCUT2D eigenvalue weighted by Crippen LogP contribution is -2.21. The van der Waals surface area contributed by atoms with Gasteiger partial charge in [-0.05, 0) is 53.6 Å². The molecule has 128 valence electrons. The van der Waals surface area contributed by atoms with E-state index in [2.05, 4.69) is 76.0 Å². The highest BCUT2D eigenvalue weighted by molar-refractivity contribution is 9.10.